The number of carbonyl (C=O) groups excluding carboxylic acids is 2. The summed E-state index contributed by atoms with van der Waals surface area (Å²) in [5.41, 5.74) is 7.27. The summed E-state index contributed by atoms with van der Waals surface area (Å²) in [6.07, 6.45) is 4.81. The fraction of sp³-hybridized carbons (Fsp3) is 0.348. The van der Waals surface area contributed by atoms with Crippen LogP contribution in [0, 0.1) is 10.8 Å². The molecule has 0 bridgehead atoms. The second kappa shape index (κ2) is 13.7. The summed E-state index contributed by atoms with van der Waals surface area (Å²) in [4.78, 5) is 31.3. The number of ether oxygens (including phenoxy) is 2. The van der Waals surface area contributed by atoms with Gasteiger partial charge in [0, 0.05) is 53.4 Å². The van der Waals surface area contributed by atoms with Crippen molar-refractivity contribution >= 4 is 22.3 Å². The van der Waals surface area contributed by atoms with E-state index in [1.165, 1.54) is 0 Å². The monoisotopic (exact) mass is 679 g/mol. The summed E-state index contributed by atoms with van der Waals surface area (Å²) in [6, 6.07) is 29.2. The molecule has 1 aliphatic heterocycles. The summed E-state index contributed by atoms with van der Waals surface area (Å²) in [6.45, 7) is 16.2. The lowest BCUT2D eigenvalue weighted by molar-refractivity contribution is -0.119. The van der Waals surface area contributed by atoms with Gasteiger partial charge in [0.2, 0.25) is 0 Å². The van der Waals surface area contributed by atoms with Crippen LogP contribution in [0.5, 0.6) is 11.5 Å². The number of rotatable bonds is 10. The summed E-state index contributed by atoms with van der Waals surface area (Å²) in [5, 5.41) is 2.32. The molecule has 0 radical (unpaired) electrons. The molecule has 0 aromatic heterocycles. The smallest absolute Gasteiger partial charge is 0.165 e. The largest absolute Gasteiger partial charge is 0.490 e. The Kier molecular flexibility index (Phi) is 9.26. The Hall–Kier alpha value is -4.90. The van der Waals surface area contributed by atoms with Gasteiger partial charge in [-0.25, -0.2) is 0 Å². The van der Waals surface area contributed by atoms with Crippen LogP contribution in [0.15, 0.2) is 120 Å². The SMILES string of the molecule is C=CCc1cc(C2C3=C(CC(C)(C)CC3=O)N(Cc3ccccc3)C3=C2C(=O)CC(C)(C)C3)cc(OCC)c1OCc1cccc2ccccc12. The lowest BCUT2D eigenvalue weighted by Crippen LogP contribution is -2.44. The molecule has 1 heterocycles. The topological polar surface area (TPSA) is 55.8 Å². The molecular weight excluding hydrogens is 631 g/mol. The highest BCUT2D eigenvalue weighted by molar-refractivity contribution is 6.07. The number of Topliss-reactive ketones (excluding diaryl/α,β-unsaturated/α-hetero) is 2. The molecule has 51 heavy (non-hydrogen) atoms. The van der Waals surface area contributed by atoms with E-state index in [-0.39, 0.29) is 22.4 Å². The predicted octanol–water partition coefficient (Wildman–Crippen LogP) is 10.4. The Morgan fingerprint density at radius 1 is 0.765 bits per heavy atom. The molecule has 262 valence electrons. The van der Waals surface area contributed by atoms with Gasteiger partial charge in [0.1, 0.15) is 6.61 Å². The van der Waals surface area contributed by atoms with E-state index in [4.69, 9.17) is 9.47 Å². The molecule has 0 unspecified atom stereocenters. The summed E-state index contributed by atoms with van der Waals surface area (Å²) >= 11 is 0. The van der Waals surface area contributed by atoms with Gasteiger partial charge >= 0.3 is 0 Å². The standard InChI is InChI=1S/C46H49NO4/c1-7-15-32-22-34(23-40(50-8-2)44(32)51-29-33-20-14-19-31-18-12-13-21-35(31)33)41-42-36(24-45(3,4)26-38(42)48)47(28-30-16-10-9-11-17-30)37-25-46(5,6)27-39(49)43(37)41/h7,9-14,16-23,41H,1,8,15,24-29H2,2-6H3. The number of hydrogen-bond donors (Lipinski definition) is 0. The lowest BCUT2D eigenvalue weighted by Gasteiger charge is -2.49. The number of ketones is 2. The van der Waals surface area contributed by atoms with E-state index in [1.807, 2.05) is 37.3 Å². The normalized spacial score (nSPS) is 18.5. The number of allylic oxidation sites excluding steroid dienone is 5. The zero-order valence-corrected chi connectivity index (χ0v) is 30.7. The second-order valence-electron chi connectivity index (χ2n) is 16.0. The summed E-state index contributed by atoms with van der Waals surface area (Å²) in [7, 11) is 0. The minimum Gasteiger partial charge on any atom is -0.490 e. The molecule has 0 N–H and O–H groups in total. The van der Waals surface area contributed by atoms with E-state index in [0.717, 1.165) is 68.4 Å². The molecular formula is C46H49NO4. The van der Waals surface area contributed by atoms with Crippen molar-refractivity contribution in [3.63, 3.8) is 0 Å². The maximum absolute atomic E-state index is 14.5. The third-order valence-corrected chi connectivity index (χ3v) is 10.6. The Bertz CT molecular complexity index is 2020. The number of carbonyl (C=O) groups is 2. The highest BCUT2D eigenvalue weighted by Crippen LogP contribution is 2.55. The first-order valence-corrected chi connectivity index (χ1v) is 18.3. The number of hydrogen-bond acceptors (Lipinski definition) is 5. The molecule has 3 aliphatic rings. The number of benzene rings is 4. The highest BCUT2D eigenvalue weighted by atomic mass is 16.5. The first kappa shape index (κ1) is 34.5. The lowest BCUT2D eigenvalue weighted by atomic mass is 9.63. The van der Waals surface area contributed by atoms with Gasteiger partial charge in [0.05, 0.1) is 6.61 Å². The van der Waals surface area contributed by atoms with E-state index >= 15 is 0 Å². The quantitative estimate of drug-likeness (QED) is 0.156. The van der Waals surface area contributed by atoms with E-state index in [2.05, 4.69) is 99.8 Å². The highest BCUT2D eigenvalue weighted by Gasteiger charge is 2.49. The van der Waals surface area contributed by atoms with E-state index in [9.17, 15) is 9.59 Å². The minimum absolute atomic E-state index is 0.119. The first-order valence-electron chi connectivity index (χ1n) is 18.3. The Morgan fingerprint density at radius 3 is 2.04 bits per heavy atom. The number of nitrogens with zero attached hydrogens (tertiary/aromatic N) is 1. The molecule has 0 saturated heterocycles. The van der Waals surface area contributed by atoms with Gasteiger partial charge in [-0.3, -0.25) is 9.59 Å². The molecule has 5 nitrogen and oxygen atoms in total. The average Bonchev–Trinajstić information content (AvgIpc) is 3.08. The van der Waals surface area contributed by atoms with Crippen LogP contribution in [0.3, 0.4) is 0 Å². The number of fused-ring (bicyclic) bond motifs is 1. The van der Waals surface area contributed by atoms with Crippen LogP contribution >= 0.6 is 0 Å². The molecule has 7 rings (SSSR count). The van der Waals surface area contributed by atoms with Crippen LogP contribution in [-0.2, 0) is 29.2 Å². The van der Waals surface area contributed by atoms with Gasteiger partial charge in [-0.15, -0.1) is 6.58 Å². The maximum atomic E-state index is 14.5. The Balaban J connectivity index is 1.40. The van der Waals surface area contributed by atoms with Crippen molar-refractivity contribution in [3.05, 3.63) is 142 Å². The molecule has 0 saturated carbocycles. The van der Waals surface area contributed by atoms with Crippen molar-refractivity contribution in [1.29, 1.82) is 0 Å². The molecule has 0 fully saturated rings. The predicted molar refractivity (Wildman–Crippen MR) is 205 cm³/mol. The fourth-order valence-electron chi connectivity index (χ4n) is 8.49. The van der Waals surface area contributed by atoms with Crippen molar-refractivity contribution in [2.45, 2.75) is 85.8 Å². The summed E-state index contributed by atoms with van der Waals surface area (Å²) < 4.78 is 13.0. The van der Waals surface area contributed by atoms with Gasteiger partial charge in [-0.1, -0.05) is 113 Å². The van der Waals surface area contributed by atoms with Crippen LogP contribution in [0.2, 0.25) is 0 Å². The zero-order valence-electron chi connectivity index (χ0n) is 30.7. The third kappa shape index (κ3) is 6.79. The van der Waals surface area contributed by atoms with Gasteiger partial charge in [-0.2, -0.15) is 0 Å². The summed E-state index contributed by atoms with van der Waals surface area (Å²) in [5.74, 6) is 1.05. The molecule has 5 heteroatoms. The Labute approximate surface area is 302 Å². The molecule has 2 aliphatic carbocycles. The van der Waals surface area contributed by atoms with Crippen LogP contribution in [-0.4, -0.2) is 23.1 Å². The second-order valence-corrected chi connectivity index (χ2v) is 16.0. The van der Waals surface area contributed by atoms with Crippen molar-refractivity contribution in [1.82, 2.24) is 4.90 Å². The van der Waals surface area contributed by atoms with Crippen LogP contribution in [0.4, 0.5) is 0 Å². The zero-order chi connectivity index (χ0) is 35.9. The van der Waals surface area contributed by atoms with Crippen molar-refractivity contribution in [3.8, 4) is 11.5 Å². The van der Waals surface area contributed by atoms with Crippen LogP contribution < -0.4 is 9.47 Å². The van der Waals surface area contributed by atoms with Crippen molar-refractivity contribution in [2.75, 3.05) is 6.61 Å². The van der Waals surface area contributed by atoms with Crippen LogP contribution in [0.25, 0.3) is 10.8 Å². The molecule has 4 aromatic rings. The van der Waals surface area contributed by atoms with E-state index < -0.39 is 5.92 Å². The van der Waals surface area contributed by atoms with Crippen molar-refractivity contribution in [2.24, 2.45) is 10.8 Å². The van der Waals surface area contributed by atoms with Gasteiger partial charge in [-0.05, 0) is 70.5 Å². The van der Waals surface area contributed by atoms with E-state index in [0.29, 0.717) is 50.5 Å². The molecule has 0 atom stereocenters. The van der Waals surface area contributed by atoms with Gasteiger partial charge in [0.15, 0.2) is 23.1 Å². The Morgan fingerprint density at radius 2 is 1.39 bits per heavy atom. The molecule has 0 spiro atoms. The fourth-order valence-corrected chi connectivity index (χ4v) is 8.49. The van der Waals surface area contributed by atoms with Gasteiger partial charge in [0.25, 0.3) is 0 Å². The molecule has 0 amide bonds. The first-order chi connectivity index (χ1) is 24.5. The minimum atomic E-state index is -0.482. The average molecular weight is 680 g/mol. The van der Waals surface area contributed by atoms with E-state index in [1.54, 1.807) is 0 Å². The van der Waals surface area contributed by atoms with Crippen molar-refractivity contribution < 1.29 is 19.1 Å². The third-order valence-electron chi connectivity index (χ3n) is 10.6. The van der Waals surface area contributed by atoms with Gasteiger partial charge < -0.3 is 14.4 Å². The van der Waals surface area contributed by atoms with Crippen LogP contribution in [0.1, 0.15) is 88.5 Å². The maximum Gasteiger partial charge on any atom is 0.165 e. The molecule has 4 aromatic carbocycles.